The van der Waals surface area contributed by atoms with Crippen molar-refractivity contribution >= 4 is 33.5 Å². The fourth-order valence-electron chi connectivity index (χ4n) is 1.28. The highest BCUT2D eigenvalue weighted by atomic mass is 32.2. The van der Waals surface area contributed by atoms with Crippen LogP contribution in [0.1, 0.15) is 5.56 Å². The molecule has 0 aliphatic rings. The van der Waals surface area contributed by atoms with Gasteiger partial charge >= 0.3 is 5.97 Å². The van der Waals surface area contributed by atoms with Crippen LogP contribution in [0.5, 0.6) is 0 Å². The summed E-state index contributed by atoms with van der Waals surface area (Å²) in [5, 5.41) is 10.9. The summed E-state index contributed by atoms with van der Waals surface area (Å²) in [5.74, 6) is -2.24. The van der Waals surface area contributed by atoms with Gasteiger partial charge in [0.15, 0.2) is 9.84 Å². The topological polar surface area (TPSA) is 101 Å². The van der Waals surface area contributed by atoms with E-state index in [4.69, 9.17) is 5.11 Å². The van der Waals surface area contributed by atoms with Crippen molar-refractivity contribution in [2.24, 2.45) is 0 Å². The molecule has 1 aromatic carbocycles. The van der Waals surface area contributed by atoms with Gasteiger partial charge in [-0.05, 0) is 23.8 Å². The number of sulfone groups is 1. The lowest BCUT2D eigenvalue weighted by Crippen LogP contribution is -2.21. The molecule has 0 bridgehead atoms. The van der Waals surface area contributed by atoms with Gasteiger partial charge in [0, 0.05) is 18.0 Å². The molecule has 2 N–H and O–H groups in total. The Morgan fingerprint density at radius 3 is 2.32 bits per heavy atom. The van der Waals surface area contributed by atoms with Gasteiger partial charge in [-0.25, -0.2) is 13.2 Å². The molecule has 0 spiro atoms. The minimum atomic E-state index is -3.36. The molecular formula is C12H13NO5S. The molecule has 7 heteroatoms. The Kier molecular flexibility index (Phi) is 4.82. The number of aliphatic carboxylic acids is 1. The van der Waals surface area contributed by atoms with Crippen LogP contribution in [0, 0.1) is 0 Å². The number of benzene rings is 1. The van der Waals surface area contributed by atoms with Gasteiger partial charge in [-0.3, -0.25) is 4.79 Å². The van der Waals surface area contributed by atoms with Crippen molar-refractivity contribution < 1.29 is 23.1 Å². The number of carboxylic acid groups (broad SMARTS) is 1. The zero-order valence-electron chi connectivity index (χ0n) is 10.2. The number of carbonyl (C=O) groups excluding carboxylic acids is 1. The van der Waals surface area contributed by atoms with Crippen LogP contribution in [-0.4, -0.2) is 37.4 Å². The quantitative estimate of drug-likeness (QED) is 0.777. The third kappa shape index (κ3) is 6.37. The first-order chi connectivity index (χ1) is 8.76. The van der Waals surface area contributed by atoms with Crippen LogP contribution in [0.2, 0.25) is 0 Å². The first-order valence-corrected chi connectivity index (χ1v) is 7.31. The van der Waals surface area contributed by atoms with Crippen molar-refractivity contribution in [2.45, 2.75) is 0 Å². The maximum atomic E-state index is 11.3. The number of hydrogen-bond acceptors (Lipinski definition) is 4. The van der Waals surface area contributed by atoms with Crippen molar-refractivity contribution in [3.63, 3.8) is 0 Å². The summed E-state index contributed by atoms with van der Waals surface area (Å²) in [6.07, 6.45) is 3.38. The van der Waals surface area contributed by atoms with Crippen LogP contribution < -0.4 is 5.32 Å². The molecule has 0 heterocycles. The fraction of sp³-hybridized carbons (Fsp3) is 0.167. The van der Waals surface area contributed by atoms with E-state index in [1.165, 1.54) is 6.08 Å². The summed E-state index contributed by atoms with van der Waals surface area (Å²) < 4.78 is 21.8. The molecule has 6 nitrogen and oxygen atoms in total. The van der Waals surface area contributed by atoms with Gasteiger partial charge in [0.2, 0.25) is 5.91 Å². The lowest BCUT2D eigenvalue weighted by atomic mass is 10.2. The smallest absolute Gasteiger partial charge is 0.328 e. The Morgan fingerprint density at radius 2 is 1.84 bits per heavy atom. The summed E-state index contributed by atoms with van der Waals surface area (Å²) in [6, 6.07) is 6.33. The van der Waals surface area contributed by atoms with Crippen LogP contribution in [0.4, 0.5) is 5.69 Å². The molecule has 1 aromatic rings. The Balaban J connectivity index is 2.67. The number of hydrogen-bond donors (Lipinski definition) is 2. The van der Waals surface area contributed by atoms with Gasteiger partial charge in [-0.2, -0.15) is 0 Å². The Hall–Kier alpha value is -2.15. The molecule has 0 saturated carbocycles. The van der Waals surface area contributed by atoms with E-state index < -0.39 is 27.5 Å². The van der Waals surface area contributed by atoms with Gasteiger partial charge in [-0.1, -0.05) is 12.1 Å². The van der Waals surface area contributed by atoms with Crippen molar-refractivity contribution in [1.29, 1.82) is 0 Å². The second kappa shape index (κ2) is 6.14. The van der Waals surface area contributed by atoms with E-state index in [1.54, 1.807) is 24.3 Å². The molecule has 0 aliphatic heterocycles. The van der Waals surface area contributed by atoms with E-state index in [1.807, 2.05) is 0 Å². The molecule has 0 saturated heterocycles. The van der Waals surface area contributed by atoms with Crippen LogP contribution in [0.3, 0.4) is 0 Å². The number of anilines is 1. The largest absolute Gasteiger partial charge is 0.478 e. The Labute approximate surface area is 110 Å². The average molecular weight is 283 g/mol. The normalized spacial score (nSPS) is 11.4. The van der Waals surface area contributed by atoms with E-state index in [0.717, 1.165) is 12.3 Å². The predicted octanol–water partition coefficient (Wildman–Crippen LogP) is 0.767. The Morgan fingerprint density at radius 1 is 1.26 bits per heavy atom. The second-order valence-electron chi connectivity index (χ2n) is 3.91. The fourth-order valence-corrected chi connectivity index (χ4v) is 1.83. The van der Waals surface area contributed by atoms with E-state index in [2.05, 4.69) is 5.32 Å². The minimum absolute atomic E-state index is 0.445. The summed E-state index contributed by atoms with van der Waals surface area (Å²) >= 11 is 0. The molecule has 1 amide bonds. The molecule has 0 aromatic heterocycles. The number of carbonyl (C=O) groups is 2. The lowest BCUT2D eigenvalue weighted by Gasteiger charge is -2.04. The maximum absolute atomic E-state index is 11.3. The van der Waals surface area contributed by atoms with Crippen molar-refractivity contribution in [3.8, 4) is 0 Å². The van der Waals surface area contributed by atoms with Crippen molar-refractivity contribution in [2.75, 3.05) is 17.3 Å². The first kappa shape index (κ1) is 14.9. The van der Waals surface area contributed by atoms with Gasteiger partial charge in [0.25, 0.3) is 0 Å². The standard InChI is InChI=1S/C12H13NO5S/c1-19(17,18)8-11(14)13-10-5-2-9(3-6-10)4-7-12(15)16/h2-7H,8H2,1H3,(H,13,14)(H,15,16). The van der Waals surface area contributed by atoms with Crippen LogP contribution in [0.15, 0.2) is 30.3 Å². The molecule has 102 valence electrons. The second-order valence-corrected chi connectivity index (χ2v) is 6.05. The van der Waals surface area contributed by atoms with Gasteiger partial charge in [-0.15, -0.1) is 0 Å². The summed E-state index contributed by atoms with van der Waals surface area (Å²) in [4.78, 5) is 21.7. The monoisotopic (exact) mass is 283 g/mol. The molecule has 1 rings (SSSR count). The zero-order chi connectivity index (χ0) is 14.5. The van der Waals surface area contributed by atoms with E-state index in [9.17, 15) is 18.0 Å². The number of rotatable bonds is 5. The molecule has 0 aliphatic carbocycles. The SMILES string of the molecule is CS(=O)(=O)CC(=O)Nc1ccc(C=CC(=O)O)cc1. The van der Waals surface area contributed by atoms with E-state index in [-0.39, 0.29) is 0 Å². The van der Waals surface area contributed by atoms with Crippen molar-refractivity contribution in [3.05, 3.63) is 35.9 Å². The summed E-state index contributed by atoms with van der Waals surface area (Å²) in [6.45, 7) is 0. The minimum Gasteiger partial charge on any atom is -0.478 e. The van der Waals surface area contributed by atoms with Gasteiger partial charge in [0.1, 0.15) is 5.75 Å². The van der Waals surface area contributed by atoms with Crippen LogP contribution in [0.25, 0.3) is 6.08 Å². The highest BCUT2D eigenvalue weighted by Crippen LogP contribution is 2.10. The number of nitrogens with one attached hydrogen (secondary N) is 1. The average Bonchev–Trinajstić information content (AvgIpc) is 2.25. The van der Waals surface area contributed by atoms with Gasteiger partial charge in [0.05, 0.1) is 0 Å². The highest BCUT2D eigenvalue weighted by Gasteiger charge is 2.10. The predicted molar refractivity (Wildman–Crippen MR) is 71.5 cm³/mol. The third-order valence-corrected chi connectivity index (χ3v) is 2.79. The first-order valence-electron chi connectivity index (χ1n) is 5.25. The van der Waals surface area contributed by atoms with Crippen LogP contribution in [-0.2, 0) is 19.4 Å². The summed E-state index contributed by atoms with van der Waals surface area (Å²) in [5.41, 5.74) is 1.10. The van der Waals surface area contributed by atoms with E-state index in [0.29, 0.717) is 11.3 Å². The summed E-state index contributed by atoms with van der Waals surface area (Å²) in [7, 11) is -3.36. The molecule has 0 atom stereocenters. The lowest BCUT2D eigenvalue weighted by molar-refractivity contribution is -0.131. The zero-order valence-corrected chi connectivity index (χ0v) is 11.0. The number of carboxylic acids is 1. The molecule has 19 heavy (non-hydrogen) atoms. The molecular weight excluding hydrogens is 270 g/mol. The number of amides is 1. The highest BCUT2D eigenvalue weighted by molar-refractivity contribution is 7.91. The Bertz CT molecular complexity index is 602. The molecule has 0 fully saturated rings. The van der Waals surface area contributed by atoms with E-state index >= 15 is 0 Å². The third-order valence-electron chi connectivity index (χ3n) is 2.01. The molecule has 0 radical (unpaired) electrons. The van der Waals surface area contributed by atoms with Crippen LogP contribution >= 0.6 is 0 Å². The van der Waals surface area contributed by atoms with Gasteiger partial charge < -0.3 is 10.4 Å². The van der Waals surface area contributed by atoms with Crippen molar-refractivity contribution in [1.82, 2.24) is 0 Å². The maximum Gasteiger partial charge on any atom is 0.328 e. The molecule has 0 unspecified atom stereocenters.